The molecule has 0 saturated carbocycles. The summed E-state index contributed by atoms with van der Waals surface area (Å²) in [6, 6.07) is 11.0. The van der Waals surface area contributed by atoms with Gasteiger partial charge in [-0.15, -0.1) is 0 Å². The van der Waals surface area contributed by atoms with Crippen molar-refractivity contribution < 1.29 is 14.5 Å². The molecule has 0 saturated heterocycles. The van der Waals surface area contributed by atoms with Crippen LogP contribution in [0.15, 0.2) is 42.5 Å². The number of rotatable bonds is 6. The Hall–Kier alpha value is -2.33. The third-order valence-electron chi connectivity index (χ3n) is 3.79. The molecule has 0 bridgehead atoms. The number of amides is 1. The highest BCUT2D eigenvalue weighted by Crippen LogP contribution is 2.31. The van der Waals surface area contributed by atoms with Crippen molar-refractivity contribution in [1.82, 2.24) is 10.6 Å². The monoisotopic (exact) mass is 490 g/mol. The second-order valence-corrected chi connectivity index (χ2v) is 8.84. The average Bonchev–Trinajstić information content (AvgIpc) is 2.66. The molecular weight excluding hydrogens is 475 g/mol. The van der Waals surface area contributed by atoms with Crippen LogP contribution in [0.1, 0.15) is 15.9 Å². The lowest BCUT2D eigenvalue weighted by atomic mass is 10.1. The number of methoxy groups -OCH3 is 1. The number of nitro groups is 1. The summed E-state index contributed by atoms with van der Waals surface area (Å²) >= 11 is 23.1. The van der Waals surface area contributed by atoms with Crippen molar-refractivity contribution in [1.29, 1.82) is 0 Å². The van der Waals surface area contributed by atoms with Crippen LogP contribution >= 0.6 is 47.0 Å². The first-order valence-corrected chi connectivity index (χ1v) is 9.89. The Bertz CT molecular complexity index is 969. The first kappa shape index (κ1) is 23.9. The van der Waals surface area contributed by atoms with Gasteiger partial charge in [-0.05, 0) is 43.4 Å². The smallest absolute Gasteiger partial charge is 0.312 e. The van der Waals surface area contributed by atoms with Crippen LogP contribution in [0.5, 0.6) is 5.75 Å². The second kappa shape index (κ2) is 10.1. The van der Waals surface area contributed by atoms with Gasteiger partial charge in [0.25, 0.3) is 5.91 Å². The molecule has 0 aromatic heterocycles. The van der Waals surface area contributed by atoms with E-state index in [1.807, 2.05) is 13.0 Å². The number of carbonyl (C=O) groups excluding carboxylic acids is 1. The van der Waals surface area contributed by atoms with Crippen LogP contribution < -0.4 is 20.7 Å². The van der Waals surface area contributed by atoms with Gasteiger partial charge in [0, 0.05) is 17.3 Å². The number of nitrogens with one attached hydrogen (secondary N) is 3. The van der Waals surface area contributed by atoms with E-state index < -0.39 is 20.8 Å². The summed E-state index contributed by atoms with van der Waals surface area (Å²) in [7, 11) is 1.32. The second-order valence-electron chi connectivity index (χ2n) is 6.06. The van der Waals surface area contributed by atoms with Gasteiger partial charge in [-0.25, -0.2) is 0 Å². The fraction of sp³-hybridized carbons (Fsp3) is 0.222. The SMILES string of the molecule is COc1ccc(NC(=S)N[C@@H](NC(=O)c2cccc(C)c2)C(Cl)(Cl)Cl)cc1[N+](=O)[O-]. The Labute approximate surface area is 193 Å². The summed E-state index contributed by atoms with van der Waals surface area (Å²) < 4.78 is 3.00. The molecule has 1 atom stereocenters. The van der Waals surface area contributed by atoms with Crippen molar-refractivity contribution in [2.45, 2.75) is 16.9 Å². The van der Waals surface area contributed by atoms with E-state index in [2.05, 4.69) is 16.0 Å². The molecule has 2 rings (SSSR count). The van der Waals surface area contributed by atoms with E-state index in [9.17, 15) is 14.9 Å². The Morgan fingerprint density at radius 2 is 1.90 bits per heavy atom. The maximum atomic E-state index is 12.5. The summed E-state index contributed by atoms with van der Waals surface area (Å²) in [6.07, 6.45) is -1.19. The Kier molecular flexibility index (Phi) is 8.08. The van der Waals surface area contributed by atoms with Crippen molar-refractivity contribution in [2.75, 3.05) is 12.4 Å². The van der Waals surface area contributed by atoms with E-state index in [0.29, 0.717) is 11.3 Å². The van der Waals surface area contributed by atoms with Crippen LogP contribution in [-0.2, 0) is 0 Å². The summed E-state index contributed by atoms with van der Waals surface area (Å²) in [4.78, 5) is 23.1. The topological polar surface area (TPSA) is 106 Å². The molecule has 0 aliphatic rings. The Balaban J connectivity index is 2.13. The van der Waals surface area contributed by atoms with Gasteiger partial charge in [-0.3, -0.25) is 14.9 Å². The maximum absolute atomic E-state index is 12.5. The number of halogens is 3. The standard InChI is InChI=1S/C18H17Cl3N4O4S/c1-10-4-3-5-11(8-10)15(26)23-16(18(19,20)21)24-17(30)22-12-6-7-14(29-2)13(9-12)25(27)28/h3-9,16H,1-2H3,(H,23,26)(H2,22,24,30)/t16-/m1/s1. The number of hydrogen-bond donors (Lipinski definition) is 3. The largest absolute Gasteiger partial charge is 0.490 e. The van der Waals surface area contributed by atoms with Crippen LogP contribution in [0.3, 0.4) is 0 Å². The molecule has 0 aliphatic heterocycles. The van der Waals surface area contributed by atoms with Gasteiger partial charge >= 0.3 is 5.69 Å². The lowest BCUT2D eigenvalue weighted by Crippen LogP contribution is -2.56. The number of nitro benzene ring substituents is 1. The van der Waals surface area contributed by atoms with Crippen molar-refractivity contribution in [3.8, 4) is 5.75 Å². The molecule has 160 valence electrons. The summed E-state index contributed by atoms with van der Waals surface area (Å²) in [6.45, 7) is 1.84. The summed E-state index contributed by atoms with van der Waals surface area (Å²) in [5.74, 6) is -0.389. The number of benzene rings is 2. The molecule has 2 aromatic carbocycles. The van der Waals surface area contributed by atoms with Crippen LogP contribution in [0.2, 0.25) is 0 Å². The first-order chi connectivity index (χ1) is 14.0. The normalized spacial score (nSPS) is 11.9. The first-order valence-electron chi connectivity index (χ1n) is 8.35. The van der Waals surface area contributed by atoms with E-state index >= 15 is 0 Å². The van der Waals surface area contributed by atoms with Gasteiger partial charge in [-0.1, -0.05) is 52.5 Å². The highest BCUT2D eigenvalue weighted by atomic mass is 35.6. The fourth-order valence-corrected chi connectivity index (χ4v) is 2.97. The molecule has 0 fully saturated rings. The zero-order valence-electron chi connectivity index (χ0n) is 15.7. The molecule has 0 unspecified atom stereocenters. The minimum atomic E-state index is -1.95. The third-order valence-corrected chi connectivity index (χ3v) is 4.67. The molecule has 2 aromatic rings. The lowest BCUT2D eigenvalue weighted by Gasteiger charge is -2.27. The van der Waals surface area contributed by atoms with Gasteiger partial charge < -0.3 is 20.7 Å². The molecule has 0 heterocycles. The number of ether oxygens (including phenoxy) is 1. The number of thiocarbonyl (C=S) groups is 1. The van der Waals surface area contributed by atoms with Gasteiger partial charge in [0.1, 0.15) is 6.17 Å². The number of hydrogen-bond acceptors (Lipinski definition) is 5. The maximum Gasteiger partial charge on any atom is 0.312 e. The van der Waals surface area contributed by atoms with Crippen molar-refractivity contribution in [2.24, 2.45) is 0 Å². The number of nitrogens with zero attached hydrogens (tertiary/aromatic N) is 1. The summed E-state index contributed by atoms with van der Waals surface area (Å²) in [5.41, 5.74) is 1.31. The third kappa shape index (κ3) is 6.60. The zero-order valence-corrected chi connectivity index (χ0v) is 18.8. The molecule has 0 radical (unpaired) electrons. The highest BCUT2D eigenvalue weighted by Gasteiger charge is 2.35. The molecule has 0 aliphatic carbocycles. The molecular formula is C18H17Cl3N4O4S. The quantitative estimate of drug-likeness (QED) is 0.182. The average molecular weight is 492 g/mol. The van der Waals surface area contributed by atoms with Crippen LogP contribution in [-0.4, -0.2) is 33.0 Å². The van der Waals surface area contributed by atoms with Gasteiger partial charge in [0.05, 0.1) is 12.0 Å². The van der Waals surface area contributed by atoms with E-state index in [1.165, 1.54) is 25.3 Å². The molecule has 1 amide bonds. The molecule has 0 spiro atoms. The predicted octanol–water partition coefficient (Wildman–Crippen LogP) is 4.32. The Morgan fingerprint density at radius 1 is 1.20 bits per heavy atom. The molecule has 30 heavy (non-hydrogen) atoms. The number of carbonyl (C=O) groups is 1. The number of alkyl halides is 3. The van der Waals surface area contributed by atoms with E-state index in [1.54, 1.807) is 18.2 Å². The van der Waals surface area contributed by atoms with Crippen LogP contribution in [0.4, 0.5) is 11.4 Å². The minimum Gasteiger partial charge on any atom is -0.490 e. The molecule has 8 nitrogen and oxygen atoms in total. The van der Waals surface area contributed by atoms with E-state index in [4.69, 9.17) is 51.8 Å². The summed E-state index contributed by atoms with van der Waals surface area (Å²) in [5, 5.41) is 19.1. The van der Waals surface area contributed by atoms with Gasteiger partial charge in [0.15, 0.2) is 10.9 Å². The molecule has 3 N–H and O–H groups in total. The van der Waals surface area contributed by atoms with Crippen LogP contribution in [0.25, 0.3) is 0 Å². The fourth-order valence-electron chi connectivity index (χ4n) is 2.41. The highest BCUT2D eigenvalue weighted by molar-refractivity contribution is 7.80. The van der Waals surface area contributed by atoms with Crippen molar-refractivity contribution >= 4 is 69.4 Å². The van der Waals surface area contributed by atoms with E-state index in [-0.39, 0.29) is 16.5 Å². The minimum absolute atomic E-state index is 0.0321. The van der Waals surface area contributed by atoms with E-state index in [0.717, 1.165) is 5.56 Å². The molecule has 12 heteroatoms. The number of aryl methyl sites for hydroxylation is 1. The predicted molar refractivity (Wildman–Crippen MR) is 122 cm³/mol. The van der Waals surface area contributed by atoms with Crippen LogP contribution in [0, 0.1) is 17.0 Å². The number of anilines is 1. The van der Waals surface area contributed by atoms with Gasteiger partial charge in [-0.2, -0.15) is 0 Å². The lowest BCUT2D eigenvalue weighted by molar-refractivity contribution is -0.385. The van der Waals surface area contributed by atoms with Crippen molar-refractivity contribution in [3.63, 3.8) is 0 Å². The Morgan fingerprint density at radius 3 is 2.47 bits per heavy atom. The van der Waals surface area contributed by atoms with Gasteiger partial charge in [0.2, 0.25) is 3.79 Å². The zero-order chi connectivity index (χ0) is 22.5. The van der Waals surface area contributed by atoms with Crippen molar-refractivity contribution in [3.05, 3.63) is 63.7 Å².